The monoisotopic (exact) mass is 344 g/mol. The smallest absolute Gasteiger partial charge is 0.315 e. The zero-order valence-electron chi connectivity index (χ0n) is 13.9. The molecule has 1 aromatic carbocycles. The summed E-state index contributed by atoms with van der Waals surface area (Å²) in [5.74, 6) is -0.586. The summed E-state index contributed by atoms with van der Waals surface area (Å²) in [6, 6.07) is 7.62. The molecular weight excluding hydrogens is 324 g/mol. The third kappa shape index (κ3) is 4.94. The number of anilines is 1. The van der Waals surface area contributed by atoms with Crippen molar-refractivity contribution in [2.75, 3.05) is 24.6 Å². The zero-order chi connectivity index (χ0) is 18.2. The topological polar surface area (TPSA) is 112 Å². The van der Waals surface area contributed by atoms with Gasteiger partial charge in [0, 0.05) is 18.8 Å². The van der Waals surface area contributed by atoms with Crippen molar-refractivity contribution in [2.45, 2.75) is 25.8 Å². The lowest BCUT2D eigenvalue weighted by Crippen LogP contribution is -2.46. The van der Waals surface area contributed by atoms with Gasteiger partial charge in [-0.25, -0.2) is 4.79 Å². The number of hydrogen-bond donors (Lipinski definition) is 2. The molecule has 3 amide bonds. The van der Waals surface area contributed by atoms with E-state index < -0.39 is 12.1 Å². The Labute approximate surface area is 145 Å². The Balaban J connectivity index is 1.82. The summed E-state index contributed by atoms with van der Waals surface area (Å²) in [6.45, 7) is 2.64. The molecule has 0 aliphatic carbocycles. The third-order valence-corrected chi connectivity index (χ3v) is 3.74. The van der Waals surface area contributed by atoms with E-state index in [0.717, 1.165) is 0 Å². The number of esters is 1. The van der Waals surface area contributed by atoms with Crippen molar-refractivity contribution in [3.05, 3.63) is 29.8 Å². The number of rotatable bonds is 6. The maximum atomic E-state index is 12.4. The van der Waals surface area contributed by atoms with Crippen LogP contribution in [0.5, 0.6) is 0 Å². The molecule has 8 heteroatoms. The van der Waals surface area contributed by atoms with Gasteiger partial charge >= 0.3 is 12.0 Å². The number of nitriles is 1. The van der Waals surface area contributed by atoms with Gasteiger partial charge in [-0.2, -0.15) is 5.26 Å². The second-order valence-electron chi connectivity index (χ2n) is 5.45. The van der Waals surface area contributed by atoms with Gasteiger partial charge in [-0.3, -0.25) is 9.59 Å². The Morgan fingerprint density at radius 1 is 1.36 bits per heavy atom. The Morgan fingerprint density at radius 2 is 2.08 bits per heavy atom. The number of carbonyl (C=O) groups is 3. The molecular formula is C17H20N4O4. The highest BCUT2D eigenvalue weighted by Gasteiger charge is 2.33. The van der Waals surface area contributed by atoms with E-state index in [0.29, 0.717) is 30.8 Å². The van der Waals surface area contributed by atoms with Crippen LogP contribution in [0.15, 0.2) is 24.3 Å². The highest BCUT2D eigenvalue weighted by molar-refractivity contribution is 6.01. The van der Waals surface area contributed by atoms with Crippen molar-refractivity contribution in [3.8, 4) is 6.07 Å². The standard InChI is InChI=1S/C17H20N4O4/c1-2-25-15(22)7-9-19-17(24)20-14-8-10-21(16(14)23)13-5-3-12(11-18)4-6-13/h3-6,14H,2,7-10H2,1H3,(H2,19,20,24)/t14-/m0/s1. The maximum Gasteiger partial charge on any atom is 0.315 e. The highest BCUT2D eigenvalue weighted by Crippen LogP contribution is 2.21. The SMILES string of the molecule is CCOC(=O)CCNC(=O)N[C@H]1CCN(c2ccc(C#N)cc2)C1=O. The van der Waals surface area contributed by atoms with E-state index in [-0.39, 0.29) is 24.8 Å². The summed E-state index contributed by atoms with van der Waals surface area (Å²) in [7, 11) is 0. The largest absolute Gasteiger partial charge is 0.466 e. The first-order valence-electron chi connectivity index (χ1n) is 8.06. The van der Waals surface area contributed by atoms with E-state index in [4.69, 9.17) is 10.00 Å². The van der Waals surface area contributed by atoms with Crippen LogP contribution in [-0.4, -0.2) is 43.6 Å². The minimum atomic E-state index is -0.613. The molecule has 0 aromatic heterocycles. The number of nitrogens with one attached hydrogen (secondary N) is 2. The number of amides is 3. The number of benzene rings is 1. The molecule has 1 aliphatic heterocycles. The van der Waals surface area contributed by atoms with Gasteiger partial charge in [0.25, 0.3) is 0 Å². The summed E-state index contributed by atoms with van der Waals surface area (Å²) >= 11 is 0. The molecule has 25 heavy (non-hydrogen) atoms. The van der Waals surface area contributed by atoms with Crippen molar-refractivity contribution in [1.29, 1.82) is 5.26 Å². The van der Waals surface area contributed by atoms with Gasteiger partial charge in [0.1, 0.15) is 6.04 Å². The second-order valence-corrected chi connectivity index (χ2v) is 5.45. The van der Waals surface area contributed by atoms with Crippen LogP contribution < -0.4 is 15.5 Å². The quantitative estimate of drug-likeness (QED) is 0.745. The second kappa shape index (κ2) is 8.68. The fourth-order valence-corrected chi connectivity index (χ4v) is 2.51. The first kappa shape index (κ1) is 18.3. The van der Waals surface area contributed by atoms with Crippen LogP contribution in [0.4, 0.5) is 10.5 Å². The molecule has 0 unspecified atom stereocenters. The van der Waals surface area contributed by atoms with Crippen LogP contribution in [0.2, 0.25) is 0 Å². The molecule has 1 aliphatic rings. The van der Waals surface area contributed by atoms with E-state index in [1.807, 2.05) is 6.07 Å². The average molecular weight is 344 g/mol. The van der Waals surface area contributed by atoms with Gasteiger partial charge in [0.05, 0.1) is 24.7 Å². The zero-order valence-corrected chi connectivity index (χ0v) is 13.9. The molecule has 0 bridgehead atoms. The predicted molar refractivity (Wildman–Crippen MR) is 89.7 cm³/mol. The molecule has 8 nitrogen and oxygen atoms in total. The molecule has 2 N–H and O–H groups in total. The van der Waals surface area contributed by atoms with Gasteiger partial charge in [0.15, 0.2) is 0 Å². The fraction of sp³-hybridized carbons (Fsp3) is 0.412. The van der Waals surface area contributed by atoms with E-state index in [2.05, 4.69) is 10.6 Å². The summed E-state index contributed by atoms with van der Waals surface area (Å²) in [5.41, 5.74) is 1.21. The fourth-order valence-electron chi connectivity index (χ4n) is 2.51. The Bertz CT molecular complexity index is 681. The number of urea groups is 1. The Hall–Kier alpha value is -3.08. The van der Waals surface area contributed by atoms with Crippen LogP contribution in [-0.2, 0) is 14.3 Å². The lowest BCUT2D eigenvalue weighted by atomic mass is 10.2. The van der Waals surface area contributed by atoms with Gasteiger partial charge in [0.2, 0.25) is 5.91 Å². The van der Waals surface area contributed by atoms with Crippen LogP contribution in [0.3, 0.4) is 0 Å². The van der Waals surface area contributed by atoms with Gasteiger partial charge in [-0.1, -0.05) is 0 Å². The van der Waals surface area contributed by atoms with Crippen molar-refractivity contribution in [3.63, 3.8) is 0 Å². The van der Waals surface area contributed by atoms with Crippen molar-refractivity contribution in [1.82, 2.24) is 10.6 Å². The highest BCUT2D eigenvalue weighted by atomic mass is 16.5. The molecule has 0 saturated carbocycles. The van der Waals surface area contributed by atoms with Gasteiger partial charge < -0.3 is 20.3 Å². The average Bonchev–Trinajstić information content (AvgIpc) is 2.96. The number of hydrogen-bond acceptors (Lipinski definition) is 5. The van der Waals surface area contributed by atoms with Gasteiger partial charge in [-0.05, 0) is 37.6 Å². The lowest BCUT2D eigenvalue weighted by Gasteiger charge is -2.17. The van der Waals surface area contributed by atoms with Crippen LogP contribution in [0.1, 0.15) is 25.3 Å². The molecule has 1 aromatic rings. The minimum absolute atomic E-state index is 0.0806. The first-order chi connectivity index (χ1) is 12.0. The first-order valence-corrected chi connectivity index (χ1v) is 8.06. The van der Waals surface area contributed by atoms with Crippen LogP contribution in [0.25, 0.3) is 0 Å². The summed E-state index contributed by atoms with van der Waals surface area (Å²) in [5, 5.41) is 14.0. The lowest BCUT2D eigenvalue weighted by molar-refractivity contribution is -0.142. The predicted octanol–water partition coefficient (Wildman–Crippen LogP) is 0.916. The summed E-state index contributed by atoms with van der Waals surface area (Å²) in [4.78, 5) is 37.0. The number of ether oxygens (including phenoxy) is 1. The van der Waals surface area contributed by atoms with Crippen LogP contribution in [0, 0.1) is 11.3 Å². The summed E-state index contributed by atoms with van der Waals surface area (Å²) < 4.78 is 4.76. The molecule has 132 valence electrons. The van der Waals surface area contributed by atoms with Crippen molar-refractivity contribution in [2.24, 2.45) is 0 Å². The van der Waals surface area contributed by atoms with E-state index in [9.17, 15) is 14.4 Å². The Kier molecular flexibility index (Phi) is 6.34. The molecule has 2 rings (SSSR count). The molecule has 1 saturated heterocycles. The van der Waals surface area contributed by atoms with E-state index in [1.165, 1.54) is 0 Å². The molecule has 0 spiro atoms. The molecule has 0 radical (unpaired) electrons. The Morgan fingerprint density at radius 3 is 2.72 bits per heavy atom. The van der Waals surface area contributed by atoms with Gasteiger partial charge in [-0.15, -0.1) is 0 Å². The third-order valence-electron chi connectivity index (χ3n) is 3.74. The van der Waals surface area contributed by atoms with E-state index in [1.54, 1.807) is 36.1 Å². The van der Waals surface area contributed by atoms with Crippen molar-refractivity contribution >= 4 is 23.6 Å². The minimum Gasteiger partial charge on any atom is -0.466 e. The normalized spacial score (nSPS) is 16.2. The number of nitrogens with zero attached hydrogens (tertiary/aromatic N) is 2. The van der Waals surface area contributed by atoms with Crippen LogP contribution >= 0.6 is 0 Å². The number of carbonyl (C=O) groups excluding carboxylic acids is 3. The molecule has 1 atom stereocenters. The van der Waals surface area contributed by atoms with Crippen molar-refractivity contribution < 1.29 is 19.1 Å². The molecule has 1 heterocycles. The maximum absolute atomic E-state index is 12.4. The molecule has 1 fully saturated rings. The summed E-state index contributed by atoms with van der Waals surface area (Å²) in [6.07, 6.45) is 0.571. The van der Waals surface area contributed by atoms with E-state index >= 15 is 0 Å².